The second-order valence-electron chi connectivity index (χ2n) is 2.66. The van der Waals surface area contributed by atoms with Crippen molar-refractivity contribution in [2.24, 2.45) is 0 Å². The van der Waals surface area contributed by atoms with Gasteiger partial charge in [-0.05, 0) is 31.0 Å². The Morgan fingerprint density at radius 3 is 2.45 bits per heavy atom. The van der Waals surface area contributed by atoms with Crippen LogP contribution in [0.3, 0.4) is 0 Å². The zero-order valence-electron chi connectivity index (χ0n) is 6.82. The molecule has 0 aliphatic heterocycles. The van der Waals surface area contributed by atoms with Crippen LogP contribution < -0.4 is 0 Å². The van der Waals surface area contributed by atoms with E-state index < -0.39 is 0 Å². The van der Waals surface area contributed by atoms with Crippen molar-refractivity contribution < 1.29 is 0 Å². The molecular formula is C9H10BBr. The summed E-state index contributed by atoms with van der Waals surface area (Å²) in [5, 5.41) is 0. The molecule has 2 heteroatoms. The van der Waals surface area contributed by atoms with Crippen LogP contribution in [0.2, 0.25) is 0 Å². The molecule has 0 aliphatic carbocycles. The number of hydrogen-bond acceptors (Lipinski definition) is 0. The van der Waals surface area contributed by atoms with Crippen molar-refractivity contribution in [3.05, 3.63) is 33.3 Å². The van der Waals surface area contributed by atoms with Gasteiger partial charge in [0.1, 0.15) is 0 Å². The van der Waals surface area contributed by atoms with Gasteiger partial charge in [0.05, 0.1) is 7.85 Å². The highest BCUT2D eigenvalue weighted by Gasteiger charge is 2.01. The fourth-order valence-electron chi connectivity index (χ4n) is 1.06. The van der Waals surface area contributed by atoms with Crippen LogP contribution in [-0.4, -0.2) is 7.85 Å². The van der Waals surface area contributed by atoms with Crippen LogP contribution in [-0.2, 0) is 6.32 Å². The van der Waals surface area contributed by atoms with Gasteiger partial charge in [0, 0.05) is 4.47 Å². The second kappa shape index (κ2) is 3.44. The monoisotopic (exact) mass is 208 g/mol. The minimum Gasteiger partial charge on any atom is -0.0641 e. The van der Waals surface area contributed by atoms with E-state index in [0.29, 0.717) is 6.32 Å². The molecule has 1 aromatic carbocycles. The van der Waals surface area contributed by atoms with E-state index in [9.17, 15) is 0 Å². The lowest BCUT2D eigenvalue weighted by Gasteiger charge is -2.07. The maximum absolute atomic E-state index is 5.55. The lowest BCUT2D eigenvalue weighted by atomic mass is 9.91. The molecule has 0 saturated heterocycles. The first-order valence-electron chi connectivity index (χ1n) is 3.61. The first-order valence-corrected chi connectivity index (χ1v) is 4.40. The van der Waals surface area contributed by atoms with E-state index >= 15 is 0 Å². The minimum atomic E-state index is 0.625. The molecule has 0 saturated carbocycles. The molecule has 0 aromatic heterocycles. The van der Waals surface area contributed by atoms with E-state index in [1.807, 2.05) is 6.07 Å². The van der Waals surface area contributed by atoms with Crippen LogP contribution in [0.25, 0.3) is 0 Å². The van der Waals surface area contributed by atoms with Crippen LogP contribution in [0.1, 0.15) is 16.7 Å². The van der Waals surface area contributed by atoms with Crippen molar-refractivity contribution in [2.75, 3.05) is 0 Å². The lowest BCUT2D eigenvalue weighted by molar-refractivity contribution is 1.23. The number of hydrogen-bond donors (Lipinski definition) is 0. The maximum atomic E-state index is 5.55. The predicted molar refractivity (Wildman–Crippen MR) is 53.1 cm³/mol. The predicted octanol–water partition coefficient (Wildman–Crippen LogP) is 2.73. The zero-order chi connectivity index (χ0) is 8.43. The summed E-state index contributed by atoms with van der Waals surface area (Å²) < 4.78 is 1.16. The van der Waals surface area contributed by atoms with Crippen LogP contribution in [0.5, 0.6) is 0 Å². The van der Waals surface area contributed by atoms with Crippen molar-refractivity contribution in [3.8, 4) is 0 Å². The van der Waals surface area contributed by atoms with Gasteiger partial charge in [-0.2, -0.15) is 0 Å². The van der Waals surface area contributed by atoms with Gasteiger partial charge in [0.2, 0.25) is 0 Å². The van der Waals surface area contributed by atoms with Crippen LogP contribution >= 0.6 is 15.9 Å². The molecule has 0 bridgehead atoms. The molecule has 0 atom stereocenters. The molecule has 1 aromatic rings. The summed E-state index contributed by atoms with van der Waals surface area (Å²) in [6.45, 7) is 4.20. The molecule has 0 nitrogen and oxygen atoms in total. The topological polar surface area (TPSA) is 0 Å². The summed E-state index contributed by atoms with van der Waals surface area (Å²) in [4.78, 5) is 0. The number of halogens is 1. The van der Waals surface area contributed by atoms with E-state index in [1.165, 1.54) is 16.7 Å². The standard InChI is InChI=1S/C9H10BBr/c1-6-7(2)9(11)4-3-8(6)5-10/h3-4H,5H2,1-2H3. The first kappa shape index (κ1) is 8.86. The third-order valence-corrected chi connectivity index (χ3v) is 2.91. The molecule has 56 valence electrons. The summed E-state index contributed by atoms with van der Waals surface area (Å²) in [5.41, 5.74) is 3.81. The SMILES string of the molecule is [B]Cc1ccc(Br)c(C)c1C. The molecule has 0 aliphatic rings. The highest BCUT2D eigenvalue weighted by molar-refractivity contribution is 9.10. The molecule has 1 rings (SSSR count). The van der Waals surface area contributed by atoms with Crippen LogP contribution in [0.15, 0.2) is 16.6 Å². The fourth-order valence-corrected chi connectivity index (χ4v) is 1.49. The zero-order valence-corrected chi connectivity index (χ0v) is 8.40. The summed E-state index contributed by atoms with van der Waals surface area (Å²) in [6.07, 6.45) is 0.625. The minimum absolute atomic E-state index is 0.625. The van der Waals surface area contributed by atoms with Crippen LogP contribution in [0.4, 0.5) is 0 Å². The summed E-state index contributed by atoms with van der Waals surface area (Å²) in [6, 6.07) is 4.11. The van der Waals surface area contributed by atoms with Gasteiger partial charge < -0.3 is 0 Å². The fraction of sp³-hybridized carbons (Fsp3) is 0.333. The summed E-state index contributed by atoms with van der Waals surface area (Å²) in [7, 11) is 5.55. The maximum Gasteiger partial charge on any atom is 0.0716 e. The molecule has 0 spiro atoms. The van der Waals surface area contributed by atoms with Gasteiger partial charge in [-0.25, -0.2) is 0 Å². The van der Waals surface area contributed by atoms with E-state index in [1.54, 1.807) is 0 Å². The van der Waals surface area contributed by atoms with Gasteiger partial charge in [-0.1, -0.05) is 33.9 Å². The molecule has 0 amide bonds. The normalized spacial score (nSPS) is 10.1. The molecule has 0 N–H and O–H groups in total. The molecular weight excluding hydrogens is 199 g/mol. The molecule has 0 unspecified atom stereocenters. The van der Waals surface area contributed by atoms with E-state index in [-0.39, 0.29) is 0 Å². The van der Waals surface area contributed by atoms with Gasteiger partial charge in [0.25, 0.3) is 0 Å². The van der Waals surface area contributed by atoms with Gasteiger partial charge in [0.15, 0.2) is 0 Å². The van der Waals surface area contributed by atoms with E-state index in [0.717, 1.165) is 4.47 Å². The van der Waals surface area contributed by atoms with Crippen molar-refractivity contribution in [2.45, 2.75) is 20.2 Å². The van der Waals surface area contributed by atoms with Gasteiger partial charge >= 0.3 is 0 Å². The smallest absolute Gasteiger partial charge is 0.0641 e. The molecule has 0 heterocycles. The Morgan fingerprint density at radius 1 is 1.27 bits per heavy atom. The molecule has 11 heavy (non-hydrogen) atoms. The Labute approximate surface area is 77.5 Å². The lowest BCUT2D eigenvalue weighted by Crippen LogP contribution is -1.92. The first-order chi connectivity index (χ1) is 5.16. The van der Waals surface area contributed by atoms with Crippen molar-refractivity contribution in [1.82, 2.24) is 0 Å². The average Bonchev–Trinajstić information content (AvgIpc) is 2.01. The Hall–Kier alpha value is -0.235. The van der Waals surface area contributed by atoms with E-state index in [2.05, 4.69) is 35.8 Å². The second-order valence-corrected chi connectivity index (χ2v) is 3.51. The van der Waals surface area contributed by atoms with Crippen molar-refractivity contribution in [3.63, 3.8) is 0 Å². The Bertz CT molecular complexity index is 269. The third kappa shape index (κ3) is 1.67. The summed E-state index contributed by atoms with van der Waals surface area (Å²) >= 11 is 3.47. The Kier molecular flexibility index (Phi) is 2.77. The van der Waals surface area contributed by atoms with Crippen molar-refractivity contribution >= 4 is 23.8 Å². The summed E-state index contributed by atoms with van der Waals surface area (Å²) in [5.74, 6) is 0. The Balaban J connectivity index is 3.25. The molecule has 0 fully saturated rings. The van der Waals surface area contributed by atoms with Crippen molar-refractivity contribution in [1.29, 1.82) is 0 Å². The third-order valence-electron chi connectivity index (χ3n) is 2.05. The highest BCUT2D eigenvalue weighted by atomic mass is 79.9. The quantitative estimate of drug-likeness (QED) is 0.623. The van der Waals surface area contributed by atoms with Crippen LogP contribution in [0, 0.1) is 13.8 Å². The molecule has 2 radical (unpaired) electrons. The number of rotatable bonds is 1. The average molecular weight is 209 g/mol. The van der Waals surface area contributed by atoms with E-state index in [4.69, 9.17) is 7.85 Å². The Morgan fingerprint density at radius 2 is 1.91 bits per heavy atom. The van der Waals surface area contributed by atoms with Gasteiger partial charge in [-0.15, -0.1) is 0 Å². The largest absolute Gasteiger partial charge is 0.0716 e. The highest BCUT2D eigenvalue weighted by Crippen LogP contribution is 2.21. The number of benzene rings is 1. The van der Waals surface area contributed by atoms with Gasteiger partial charge in [-0.3, -0.25) is 0 Å².